The third-order valence-electron chi connectivity index (χ3n) is 3.20. The maximum atomic E-state index is 11.9. The summed E-state index contributed by atoms with van der Waals surface area (Å²) in [5, 5.41) is 14.9. The summed E-state index contributed by atoms with van der Waals surface area (Å²) in [4.78, 5) is 13.1. The Labute approximate surface area is 139 Å². The van der Waals surface area contributed by atoms with Gasteiger partial charge in [-0.05, 0) is 30.3 Å². The number of hydrogen-bond donors (Lipinski definition) is 1. The second-order valence-electron chi connectivity index (χ2n) is 5.14. The molecule has 0 bridgehead atoms. The highest BCUT2D eigenvalue weighted by atomic mass is 16.5. The minimum absolute atomic E-state index is 0.0195. The van der Waals surface area contributed by atoms with Crippen molar-refractivity contribution in [3.05, 3.63) is 18.2 Å². The molecule has 130 valence electrons. The highest BCUT2D eigenvalue weighted by molar-refractivity contribution is 5.75. The predicted octanol–water partition coefficient (Wildman–Crippen LogP) is 0.508. The van der Waals surface area contributed by atoms with Gasteiger partial charge in [0.05, 0.1) is 20.8 Å². The van der Waals surface area contributed by atoms with Gasteiger partial charge < -0.3 is 19.5 Å². The van der Waals surface area contributed by atoms with Crippen molar-refractivity contribution in [3.8, 4) is 22.9 Å². The Morgan fingerprint density at radius 3 is 2.67 bits per heavy atom. The molecule has 1 N–H and O–H groups in total. The second-order valence-corrected chi connectivity index (χ2v) is 5.14. The molecular formula is C15H21N5O4. The van der Waals surface area contributed by atoms with Gasteiger partial charge in [-0.25, -0.2) is 0 Å². The van der Waals surface area contributed by atoms with Crippen LogP contribution < -0.4 is 14.8 Å². The van der Waals surface area contributed by atoms with Crippen molar-refractivity contribution >= 4 is 5.91 Å². The average Bonchev–Trinajstić information content (AvgIpc) is 3.02. The van der Waals surface area contributed by atoms with Crippen molar-refractivity contribution in [1.29, 1.82) is 0 Å². The number of aromatic nitrogens is 4. The Hall–Kier alpha value is -2.68. The summed E-state index contributed by atoms with van der Waals surface area (Å²) >= 11 is 0. The van der Waals surface area contributed by atoms with Crippen molar-refractivity contribution < 1.29 is 19.0 Å². The Morgan fingerprint density at radius 1 is 1.25 bits per heavy atom. The van der Waals surface area contributed by atoms with E-state index in [1.807, 2.05) is 6.92 Å². The molecule has 0 aliphatic rings. The molecule has 1 aromatic heterocycles. The van der Waals surface area contributed by atoms with Gasteiger partial charge in [-0.15, -0.1) is 10.2 Å². The van der Waals surface area contributed by atoms with E-state index >= 15 is 0 Å². The van der Waals surface area contributed by atoms with E-state index in [1.165, 1.54) is 4.80 Å². The van der Waals surface area contributed by atoms with Crippen LogP contribution in [-0.4, -0.2) is 60.1 Å². The first-order valence-electron chi connectivity index (χ1n) is 7.36. The number of carbonyl (C=O) groups excluding carboxylic acids is 1. The number of benzene rings is 1. The molecule has 0 aliphatic heterocycles. The summed E-state index contributed by atoms with van der Waals surface area (Å²) in [6.07, 6.45) is 0. The number of amides is 1. The van der Waals surface area contributed by atoms with E-state index in [2.05, 4.69) is 20.7 Å². The molecule has 2 rings (SSSR count). The molecule has 0 saturated carbocycles. The largest absolute Gasteiger partial charge is 0.493 e. The summed E-state index contributed by atoms with van der Waals surface area (Å²) in [7, 11) is 4.70. The Bertz CT molecular complexity index is 688. The third-order valence-corrected chi connectivity index (χ3v) is 3.20. The standard InChI is InChI=1S/C15H21N5O4/c1-10(9-22-2)16-14(21)8-20-18-15(17-19-20)11-5-6-12(23-3)13(7-11)24-4/h5-7,10H,8-9H2,1-4H3,(H,16,21)/t10-/m0/s1. The van der Waals surface area contributed by atoms with Crippen LogP contribution in [0, 0.1) is 0 Å². The van der Waals surface area contributed by atoms with Gasteiger partial charge in [0, 0.05) is 18.7 Å². The second kappa shape index (κ2) is 8.25. The van der Waals surface area contributed by atoms with Crippen LogP contribution in [0.25, 0.3) is 11.4 Å². The molecule has 9 heteroatoms. The molecule has 0 unspecified atom stereocenters. The highest BCUT2D eigenvalue weighted by Crippen LogP contribution is 2.30. The molecule has 9 nitrogen and oxygen atoms in total. The molecule has 0 aliphatic carbocycles. The lowest BCUT2D eigenvalue weighted by Crippen LogP contribution is -2.38. The monoisotopic (exact) mass is 335 g/mol. The van der Waals surface area contributed by atoms with Gasteiger partial charge in [0.25, 0.3) is 0 Å². The van der Waals surface area contributed by atoms with Crippen molar-refractivity contribution in [2.24, 2.45) is 0 Å². The Balaban J connectivity index is 2.06. The number of hydrogen-bond acceptors (Lipinski definition) is 7. The zero-order valence-electron chi connectivity index (χ0n) is 14.1. The van der Waals surface area contributed by atoms with Crippen LogP contribution in [0.4, 0.5) is 0 Å². The van der Waals surface area contributed by atoms with Gasteiger partial charge in [0.15, 0.2) is 11.5 Å². The van der Waals surface area contributed by atoms with Gasteiger partial charge >= 0.3 is 0 Å². The topological polar surface area (TPSA) is 100 Å². The van der Waals surface area contributed by atoms with Gasteiger partial charge in [-0.3, -0.25) is 4.79 Å². The minimum Gasteiger partial charge on any atom is -0.493 e. The molecule has 1 atom stereocenters. The molecule has 1 heterocycles. The molecule has 24 heavy (non-hydrogen) atoms. The number of nitrogens with zero attached hydrogens (tertiary/aromatic N) is 4. The predicted molar refractivity (Wildman–Crippen MR) is 85.8 cm³/mol. The van der Waals surface area contributed by atoms with Crippen LogP contribution in [0.3, 0.4) is 0 Å². The lowest BCUT2D eigenvalue weighted by Gasteiger charge is -2.11. The molecule has 0 radical (unpaired) electrons. The summed E-state index contributed by atoms with van der Waals surface area (Å²) in [5.74, 6) is 1.36. The smallest absolute Gasteiger partial charge is 0.243 e. The first kappa shape index (κ1) is 17.7. The third kappa shape index (κ3) is 4.42. The van der Waals surface area contributed by atoms with E-state index in [4.69, 9.17) is 14.2 Å². The Kier molecular flexibility index (Phi) is 6.07. The van der Waals surface area contributed by atoms with E-state index in [0.29, 0.717) is 29.5 Å². The first-order valence-corrected chi connectivity index (χ1v) is 7.36. The van der Waals surface area contributed by atoms with Crippen molar-refractivity contribution in [3.63, 3.8) is 0 Å². The summed E-state index contributed by atoms with van der Waals surface area (Å²) in [6.45, 7) is 2.27. The van der Waals surface area contributed by atoms with Crippen molar-refractivity contribution in [1.82, 2.24) is 25.5 Å². The van der Waals surface area contributed by atoms with E-state index in [1.54, 1.807) is 39.5 Å². The fourth-order valence-corrected chi connectivity index (χ4v) is 2.14. The number of rotatable bonds is 8. The summed E-state index contributed by atoms with van der Waals surface area (Å²) < 4.78 is 15.4. The Morgan fingerprint density at radius 2 is 2.00 bits per heavy atom. The van der Waals surface area contributed by atoms with Crippen LogP contribution in [0.2, 0.25) is 0 Å². The van der Waals surface area contributed by atoms with E-state index in [0.717, 1.165) is 0 Å². The van der Waals surface area contributed by atoms with Gasteiger partial charge in [0.2, 0.25) is 11.7 Å². The zero-order chi connectivity index (χ0) is 17.5. The lowest BCUT2D eigenvalue weighted by molar-refractivity contribution is -0.123. The normalized spacial score (nSPS) is 11.8. The fraction of sp³-hybridized carbons (Fsp3) is 0.467. The number of nitrogens with one attached hydrogen (secondary N) is 1. The van der Waals surface area contributed by atoms with Crippen molar-refractivity contribution in [2.45, 2.75) is 19.5 Å². The average molecular weight is 335 g/mol. The SMILES string of the molecule is COC[C@H](C)NC(=O)Cn1nnc(-c2ccc(OC)c(OC)c2)n1. The zero-order valence-corrected chi connectivity index (χ0v) is 14.1. The number of ether oxygens (including phenoxy) is 3. The highest BCUT2D eigenvalue weighted by Gasteiger charge is 2.13. The van der Waals surface area contributed by atoms with Crippen LogP contribution >= 0.6 is 0 Å². The summed E-state index contributed by atoms with van der Waals surface area (Å²) in [6, 6.07) is 5.22. The minimum atomic E-state index is -0.212. The first-order chi connectivity index (χ1) is 11.6. The molecule has 0 fully saturated rings. The van der Waals surface area contributed by atoms with E-state index in [-0.39, 0.29) is 18.5 Å². The molecule has 1 aromatic carbocycles. The fourth-order valence-electron chi connectivity index (χ4n) is 2.14. The van der Waals surface area contributed by atoms with Crippen LogP contribution in [0.1, 0.15) is 6.92 Å². The molecule has 1 amide bonds. The maximum Gasteiger partial charge on any atom is 0.243 e. The number of carbonyl (C=O) groups is 1. The maximum absolute atomic E-state index is 11.9. The quantitative estimate of drug-likeness (QED) is 0.750. The van der Waals surface area contributed by atoms with Gasteiger partial charge in [-0.2, -0.15) is 4.80 Å². The van der Waals surface area contributed by atoms with E-state index < -0.39 is 0 Å². The van der Waals surface area contributed by atoms with Gasteiger partial charge in [-0.1, -0.05) is 0 Å². The molecule has 0 saturated heterocycles. The molecule has 0 spiro atoms. The van der Waals surface area contributed by atoms with Gasteiger partial charge in [0.1, 0.15) is 6.54 Å². The lowest BCUT2D eigenvalue weighted by atomic mass is 10.2. The van der Waals surface area contributed by atoms with E-state index in [9.17, 15) is 4.79 Å². The molecule has 2 aromatic rings. The number of tetrazole rings is 1. The van der Waals surface area contributed by atoms with Crippen molar-refractivity contribution in [2.75, 3.05) is 27.9 Å². The van der Waals surface area contributed by atoms with Crippen LogP contribution in [0.15, 0.2) is 18.2 Å². The number of methoxy groups -OCH3 is 3. The summed E-state index contributed by atoms with van der Waals surface area (Å²) in [5.41, 5.74) is 0.715. The van der Waals surface area contributed by atoms with Crippen LogP contribution in [0.5, 0.6) is 11.5 Å². The van der Waals surface area contributed by atoms with Crippen LogP contribution in [-0.2, 0) is 16.1 Å². The molecular weight excluding hydrogens is 314 g/mol.